The fourth-order valence-corrected chi connectivity index (χ4v) is 3.68. The van der Waals surface area contributed by atoms with Crippen LogP contribution in [0.4, 0.5) is 5.69 Å². The summed E-state index contributed by atoms with van der Waals surface area (Å²) in [6.45, 7) is 3.39. The van der Waals surface area contributed by atoms with Crippen LogP contribution in [0, 0.1) is 0 Å². The van der Waals surface area contributed by atoms with Crippen LogP contribution in [-0.2, 0) is 14.3 Å². The highest BCUT2D eigenvalue weighted by atomic mass is 35.5. The van der Waals surface area contributed by atoms with Crippen molar-refractivity contribution in [1.82, 2.24) is 9.80 Å². The zero-order chi connectivity index (χ0) is 20.1. The lowest BCUT2D eigenvalue weighted by molar-refractivity contribution is -0.142. The molecule has 1 N–H and O–H groups in total. The SMILES string of the molecule is COc1cc(NC(=O)CN2CCN(C(=O)[C@@H]3CCCO3)CC2)c(OC)cc1Cl. The number of hydrogen-bond acceptors (Lipinski definition) is 6. The Morgan fingerprint density at radius 3 is 2.50 bits per heavy atom. The van der Waals surface area contributed by atoms with Gasteiger partial charge in [-0.2, -0.15) is 0 Å². The first-order chi connectivity index (χ1) is 13.5. The van der Waals surface area contributed by atoms with E-state index in [0.717, 1.165) is 12.8 Å². The van der Waals surface area contributed by atoms with Crippen molar-refractivity contribution in [3.05, 3.63) is 17.2 Å². The van der Waals surface area contributed by atoms with Crippen LogP contribution in [0.1, 0.15) is 12.8 Å². The molecule has 1 atom stereocenters. The highest BCUT2D eigenvalue weighted by molar-refractivity contribution is 6.32. The van der Waals surface area contributed by atoms with Crippen molar-refractivity contribution in [1.29, 1.82) is 0 Å². The normalized spacial score (nSPS) is 20.1. The third-order valence-electron chi connectivity index (χ3n) is 5.00. The first kappa shape index (κ1) is 20.7. The quantitative estimate of drug-likeness (QED) is 0.766. The molecule has 8 nitrogen and oxygen atoms in total. The minimum absolute atomic E-state index is 0.0691. The van der Waals surface area contributed by atoms with Gasteiger partial charge in [0, 0.05) is 44.9 Å². The predicted octanol–water partition coefficient (Wildman–Crippen LogP) is 1.62. The number of amides is 2. The number of nitrogens with one attached hydrogen (secondary N) is 1. The Bertz CT molecular complexity index is 716. The summed E-state index contributed by atoms with van der Waals surface area (Å²) in [5.41, 5.74) is 0.501. The average molecular weight is 412 g/mol. The van der Waals surface area contributed by atoms with Crippen molar-refractivity contribution in [3.8, 4) is 11.5 Å². The molecule has 2 aliphatic heterocycles. The topological polar surface area (TPSA) is 80.3 Å². The zero-order valence-corrected chi connectivity index (χ0v) is 17.0. The third kappa shape index (κ3) is 4.87. The molecule has 0 aromatic heterocycles. The van der Waals surface area contributed by atoms with Crippen LogP contribution >= 0.6 is 11.6 Å². The lowest BCUT2D eigenvalue weighted by atomic mass is 10.2. The summed E-state index contributed by atoms with van der Waals surface area (Å²) in [7, 11) is 3.02. The standard InChI is InChI=1S/C19H26ClN3O5/c1-26-16-11-14(17(27-2)10-13(16)20)21-18(24)12-22-5-7-23(8-6-22)19(25)15-4-3-9-28-15/h10-11,15H,3-9,12H2,1-2H3,(H,21,24)/t15-/m0/s1. The Labute approximate surface area is 169 Å². The van der Waals surface area contributed by atoms with Crippen LogP contribution in [0.3, 0.4) is 0 Å². The van der Waals surface area contributed by atoms with Crippen molar-refractivity contribution < 1.29 is 23.8 Å². The second-order valence-electron chi connectivity index (χ2n) is 6.84. The summed E-state index contributed by atoms with van der Waals surface area (Å²) in [4.78, 5) is 28.7. The molecule has 1 aromatic carbocycles. The highest BCUT2D eigenvalue weighted by Crippen LogP contribution is 2.35. The number of rotatable bonds is 6. The van der Waals surface area contributed by atoms with Crippen molar-refractivity contribution in [3.63, 3.8) is 0 Å². The number of methoxy groups -OCH3 is 2. The summed E-state index contributed by atoms with van der Waals surface area (Å²) in [5, 5.41) is 3.25. The third-order valence-corrected chi connectivity index (χ3v) is 5.30. The molecular weight excluding hydrogens is 386 g/mol. The molecule has 9 heteroatoms. The molecule has 0 unspecified atom stereocenters. The van der Waals surface area contributed by atoms with E-state index in [4.69, 9.17) is 25.8 Å². The Hall–Kier alpha value is -2.03. The molecule has 2 aliphatic rings. The highest BCUT2D eigenvalue weighted by Gasteiger charge is 2.30. The molecule has 3 rings (SSSR count). The maximum absolute atomic E-state index is 12.5. The van der Waals surface area contributed by atoms with Gasteiger partial charge in [0.2, 0.25) is 5.91 Å². The van der Waals surface area contributed by atoms with Crippen LogP contribution < -0.4 is 14.8 Å². The molecule has 0 bridgehead atoms. The van der Waals surface area contributed by atoms with Gasteiger partial charge in [-0.25, -0.2) is 0 Å². The molecule has 2 heterocycles. The Morgan fingerprint density at radius 1 is 1.18 bits per heavy atom. The predicted molar refractivity (Wildman–Crippen MR) is 105 cm³/mol. The maximum atomic E-state index is 12.5. The van der Waals surface area contributed by atoms with Gasteiger partial charge in [-0.3, -0.25) is 14.5 Å². The molecule has 0 spiro atoms. The molecule has 2 amide bonds. The van der Waals surface area contributed by atoms with E-state index in [0.29, 0.717) is 55.0 Å². The molecule has 0 saturated carbocycles. The lowest BCUT2D eigenvalue weighted by Gasteiger charge is -2.35. The van der Waals surface area contributed by atoms with Gasteiger partial charge in [0.15, 0.2) is 0 Å². The van der Waals surface area contributed by atoms with E-state index < -0.39 is 0 Å². The van der Waals surface area contributed by atoms with Crippen LogP contribution in [0.5, 0.6) is 11.5 Å². The van der Waals surface area contributed by atoms with Gasteiger partial charge in [-0.15, -0.1) is 0 Å². The van der Waals surface area contributed by atoms with E-state index in [9.17, 15) is 9.59 Å². The van der Waals surface area contributed by atoms with Gasteiger partial charge in [0.05, 0.1) is 31.5 Å². The molecule has 28 heavy (non-hydrogen) atoms. The van der Waals surface area contributed by atoms with Crippen molar-refractivity contribution in [2.24, 2.45) is 0 Å². The zero-order valence-electron chi connectivity index (χ0n) is 16.2. The lowest BCUT2D eigenvalue weighted by Crippen LogP contribution is -2.52. The van der Waals surface area contributed by atoms with E-state index in [-0.39, 0.29) is 24.5 Å². The van der Waals surface area contributed by atoms with Gasteiger partial charge in [-0.05, 0) is 12.8 Å². The summed E-state index contributed by atoms with van der Waals surface area (Å²) in [6, 6.07) is 3.24. The second kappa shape index (κ2) is 9.45. The average Bonchev–Trinajstić information content (AvgIpc) is 3.23. The van der Waals surface area contributed by atoms with Crippen LogP contribution in [0.25, 0.3) is 0 Å². The number of carbonyl (C=O) groups excluding carboxylic acids is 2. The van der Waals surface area contributed by atoms with Gasteiger partial charge in [-0.1, -0.05) is 11.6 Å². The van der Waals surface area contributed by atoms with E-state index >= 15 is 0 Å². The van der Waals surface area contributed by atoms with Gasteiger partial charge >= 0.3 is 0 Å². The van der Waals surface area contributed by atoms with Gasteiger partial charge in [0.1, 0.15) is 17.6 Å². The number of piperazine rings is 1. The summed E-state index contributed by atoms with van der Waals surface area (Å²) < 4.78 is 16.0. The maximum Gasteiger partial charge on any atom is 0.251 e. The molecule has 2 fully saturated rings. The van der Waals surface area contributed by atoms with E-state index in [1.54, 1.807) is 12.1 Å². The second-order valence-corrected chi connectivity index (χ2v) is 7.25. The van der Waals surface area contributed by atoms with E-state index in [1.165, 1.54) is 14.2 Å². The number of hydrogen-bond donors (Lipinski definition) is 1. The van der Waals surface area contributed by atoms with Crippen molar-refractivity contribution in [2.75, 3.05) is 58.9 Å². The monoisotopic (exact) mass is 411 g/mol. The molecule has 0 aliphatic carbocycles. The number of carbonyl (C=O) groups is 2. The minimum atomic E-state index is -0.290. The number of nitrogens with zero attached hydrogens (tertiary/aromatic N) is 2. The molecule has 0 radical (unpaired) electrons. The molecular formula is C19H26ClN3O5. The van der Waals surface area contributed by atoms with E-state index in [1.807, 2.05) is 9.80 Å². The molecule has 2 saturated heterocycles. The summed E-state index contributed by atoms with van der Waals surface area (Å²) in [6.07, 6.45) is 1.45. The summed E-state index contributed by atoms with van der Waals surface area (Å²) >= 11 is 6.09. The first-order valence-corrected chi connectivity index (χ1v) is 9.73. The number of anilines is 1. The minimum Gasteiger partial charge on any atom is -0.495 e. The summed E-state index contributed by atoms with van der Waals surface area (Å²) in [5.74, 6) is 0.825. The first-order valence-electron chi connectivity index (χ1n) is 9.36. The molecule has 1 aromatic rings. The number of benzene rings is 1. The van der Waals surface area contributed by atoms with Crippen LogP contribution in [0.2, 0.25) is 5.02 Å². The number of halogens is 1. The fraction of sp³-hybridized carbons (Fsp3) is 0.579. The van der Waals surface area contributed by atoms with Crippen LogP contribution in [-0.4, -0.2) is 81.3 Å². The smallest absolute Gasteiger partial charge is 0.251 e. The van der Waals surface area contributed by atoms with Crippen LogP contribution in [0.15, 0.2) is 12.1 Å². The fourth-order valence-electron chi connectivity index (χ4n) is 3.45. The van der Waals surface area contributed by atoms with Gasteiger partial charge < -0.3 is 24.4 Å². The van der Waals surface area contributed by atoms with Crippen molar-refractivity contribution >= 4 is 29.1 Å². The van der Waals surface area contributed by atoms with E-state index in [2.05, 4.69) is 5.32 Å². The van der Waals surface area contributed by atoms with Crippen molar-refractivity contribution in [2.45, 2.75) is 18.9 Å². The Morgan fingerprint density at radius 2 is 1.89 bits per heavy atom. The molecule has 154 valence electrons. The number of ether oxygens (including phenoxy) is 3. The largest absolute Gasteiger partial charge is 0.495 e. The Kier molecular flexibility index (Phi) is 6.98. The Balaban J connectivity index is 1.51. The van der Waals surface area contributed by atoms with Gasteiger partial charge in [0.25, 0.3) is 5.91 Å².